The summed E-state index contributed by atoms with van der Waals surface area (Å²) >= 11 is 6.78. The molecule has 96 valence electrons. The van der Waals surface area contributed by atoms with Crippen LogP contribution < -0.4 is 4.74 Å². The molecule has 0 N–H and O–H groups in total. The summed E-state index contributed by atoms with van der Waals surface area (Å²) in [5.74, 6) is 0.780. The second-order valence-corrected chi connectivity index (χ2v) is 6.26. The highest BCUT2D eigenvalue weighted by Crippen LogP contribution is 2.36. The van der Waals surface area contributed by atoms with Crippen molar-refractivity contribution in [3.05, 3.63) is 62.5 Å². The molecule has 2 aromatic carbocycles. The normalized spacial score (nSPS) is 17.8. The zero-order valence-electron chi connectivity index (χ0n) is 9.90. The van der Waals surface area contributed by atoms with Crippen molar-refractivity contribution in [2.75, 3.05) is 0 Å². The Kier molecular flexibility index (Phi) is 3.46. The SMILES string of the molecule is O=C1CC(c2ccc(Br)cc2)Oc2ccc(Br)cc21. The molecular formula is C15H10Br2O2. The lowest BCUT2D eigenvalue weighted by Gasteiger charge is -2.25. The van der Waals surface area contributed by atoms with Gasteiger partial charge in [0.05, 0.1) is 12.0 Å². The average Bonchev–Trinajstić information content (AvgIpc) is 2.40. The van der Waals surface area contributed by atoms with Crippen molar-refractivity contribution in [2.24, 2.45) is 0 Å². The van der Waals surface area contributed by atoms with Crippen LogP contribution in [-0.4, -0.2) is 5.78 Å². The van der Waals surface area contributed by atoms with Gasteiger partial charge in [-0.05, 0) is 35.9 Å². The van der Waals surface area contributed by atoms with Crippen molar-refractivity contribution in [3.8, 4) is 5.75 Å². The lowest BCUT2D eigenvalue weighted by molar-refractivity contribution is 0.0850. The van der Waals surface area contributed by atoms with Crippen LogP contribution in [-0.2, 0) is 0 Å². The molecule has 0 aromatic heterocycles. The number of rotatable bonds is 1. The van der Waals surface area contributed by atoms with E-state index in [9.17, 15) is 4.79 Å². The van der Waals surface area contributed by atoms with Gasteiger partial charge in [0.15, 0.2) is 5.78 Å². The van der Waals surface area contributed by atoms with Gasteiger partial charge in [0.2, 0.25) is 0 Å². The van der Waals surface area contributed by atoms with Gasteiger partial charge in [0, 0.05) is 8.95 Å². The summed E-state index contributed by atoms with van der Waals surface area (Å²) in [4.78, 5) is 12.2. The van der Waals surface area contributed by atoms with E-state index in [1.54, 1.807) is 0 Å². The summed E-state index contributed by atoms with van der Waals surface area (Å²) in [6, 6.07) is 13.4. The van der Waals surface area contributed by atoms with Gasteiger partial charge in [-0.1, -0.05) is 44.0 Å². The van der Waals surface area contributed by atoms with Crippen molar-refractivity contribution in [2.45, 2.75) is 12.5 Å². The Morgan fingerprint density at radius 2 is 1.68 bits per heavy atom. The molecule has 1 atom stereocenters. The molecule has 1 heterocycles. The van der Waals surface area contributed by atoms with Gasteiger partial charge in [-0.3, -0.25) is 4.79 Å². The standard InChI is InChI=1S/C15H10Br2O2/c16-10-3-1-9(2-4-10)15-8-13(18)12-7-11(17)5-6-14(12)19-15/h1-7,15H,8H2. The first-order chi connectivity index (χ1) is 9.13. The summed E-state index contributed by atoms with van der Waals surface area (Å²) in [5.41, 5.74) is 1.67. The van der Waals surface area contributed by atoms with Crippen LogP contribution in [0.2, 0.25) is 0 Å². The smallest absolute Gasteiger partial charge is 0.170 e. The molecule has 0 aliphatic carbocycles. The van der Waals surface area contributed by atoms with Crippen molar-refractivity contribution in [1.82, 2.24) is 0 Å². The van der Waals surface area contributed by atoms with Gasteiger partial charge in [-0.15, -0.1) is 0 Å². The third kappa shape index (κ3) is 2.60. The van der Waals surface area contributed by atoms with Crippen LogP contribution in [0.3, 0.4) is 0 Å². The zero-order valence-corrected chi connectivity index (χ0v) is 13.1. The van der Waals surface area contributed by atoms with Crippen LogP contribution in [0, 0.1) is 0 Å². The first-order valence-corrected chi connectivity index (χ1v) is 7.47. The largest absolute Gasteiger partial charge is 0.484 e. The van der Waals surface area contributed by atoms with E-state index >= 15 is 0 Å². The fourth-order valence-corrected chi connectivity index (χ4v) is 2.78. The Bertz CT molecular complexity index is 635. The number of ketones is 1. The molecule has 0 amide bonds. The highest BCUT2D eigenvalue weighted by molar-refractivity contribution is 9.10. The number of carbonyl (C=O) groups excluding carboxylic acids is 1. The lowest BCUT2D eigenvalue weighted by Crippen LogP contribution is -2.20. The second-order valence-electron chi connectivity index (χ2n) is 4.43. The molecular weight excluding hydrogens is 372 g/mol. The minimum absolute atomic E-state index is 0.121. The molecule has 2 nitrogen and oxygen atoms in total. The van der Waals surface area contributed by atoms with Gasteiger partial charge >= 0.3 is 0 Å². The van der Waals surface area contributed by atoms with Crippen LogP contribution in [0.25, 0.3) is 0 Å². The summed E-state index contributed by atoms with van der Waals surface area (Å²) < 4.78 is 7.84. The maximum absolute atomic E-state index is 12.2. The number of halogens is 2. The van der Waals surface area contributed by atoms with Gasteiger partial charge in [-0.2, -0.15) is 0 Å². The van der Waals surface area contributed by atoms with E-state index < -0.39 is 0 Å². The molecule has 0 fully saturated rings. The number of fused-ring (bicyclic) bond motifs is 1. The van der Waals surface area contributed by atoms with Crippen molar-refractivity contribution >= 4 is 37.6 Å². The van der Waals surface area contributed by atoms with E-state index in [0.717, 1.165) is 14.5 Å². The summed E-state index contributed by atoms with van der Waals surface area (Å²) in [7, 11) is 0. The molecule has 0 saturated heterocycles. The minimum Gasteiger partial charge on any atom is -0.484 e. The van der Waals surface area contributed by atoms with Crippen molar-refractivity contribution in [3.63, 3.8) is 0 Å². The molecule has 3 rings (SSSR count). The van der Waals surface area contributed by atoms with Crippen LogP contribution in [0.1, 0.15) is 28.4 Å². The molecule has 4 heteroatoms. The Morgan fingerprint density at radius 3 is 2.42 bits per heavy atom. The molecule has 1 unspecified atom stereocenters. The number of carbonyl (C=O) groups is 1. The van der Waals surface area contributed by atoms with Crippen LogP contribution >= 0.6 is 31.9 Å². The molecule has 2 aromatic rings. The fraction of sp³-hybridized carbons (Fsp3) is 0.133. The third-order valence-corrected chi connectivity index (χ3v) is 4.15. The Balaban J connectivity index is 1.95. The lowest BCUT2D eigenvalue weighted by atomic mass is 9.96. The van der Waals surface area contributed by atoms with Crippen LogP contribution in [0.4, 0.5) is 0 Å². The summed E-state index contributed by atoms with van der Waals surface area (Å²) in [6.07, 6.45) is 0.180. The minimum atomic E-state index is -0.200. The highest BCUT2D eigenvalue weighted by Gasteiger charge is 2.27. The summed E-state index contributed by atoms with van der Waals surface area (Å²) in [5, 5.41) is 0. The number of hydrogen-bond donors (Lipinski definition) is 0. The van der Waals surface area contributed by atoms with E-state index in [4.69, 9.17) is 4.74 Å². The van der Waals surface area contributed by atoms with E-state index in [1.807, 2.05) is 42.5 Å². The van der Waals surface area contributed by atoms with E-state index in [-0.39, 0.29) is 11.9 Å². The number of ether oxygens (including phenoxy) is 1. The Morgan fingerprint density at radius 1 is 1.00 bits per heavy atom. The highest BCUT2D eigenvalue weighted by atomic mass is 79.9. The van der Waals surface area contributed by atoms with Gasteiger partial charge in [0.1, 0.15) is 11.9 Å². The van der Waals surface area contributed by atoms with Crippen molar-refractivity contribution < 1.29 is 9.53 Å². The molecule has 0 bridgehead atoms. The first-order valence-electron chi connectivity index (χ1n) is 5.88. The predicted molar refractivity (Wildman–Crippen MR) is 80.6 cm³/mol. The average molecular weight is 382 g/mol. The summed E-state index contributed by atoms with van der Waals surface area (Å²) in [6.45, 7) is 0. The fourth-order valence-electron chi connectivity index (χ4n) is 2.16. The van der Waals surface area contributed by atoms with Crippen LogP contribution in [0.5, 0.6) is 5.75 Å². The maximum Gasteiger partial charge on any atom is 0.170 e. The monoisotopic (exact) mass is 380 g/mol. The Hall–Kier alpha value is -1.13. The predicted octanol–water partition coefficient (Wildman–Crippen LogP) is 4.92. The topological polar surface area (TPSA) is 26.3 Å². The number of Topliss-reactive ketones (excluding diaryl/α,β-unsaturated/α-hetero) is 1. The van der Waals surface area contributed by atoms with E-state index in [0.29, 0.717) is 17.7 Å². The first kappa shape index (κ1) is 12.9. The number of benzene rings is 2. The van der Waals surface area contributed by atoms with E-state index in [2.05, 4.69) is 31.9 Å². The number of hydrogen-bond acceptors (Lipinski definition) is 2. The molecule has 0 radical (unpaired) electrons. The van der Waals surface area contributed by atoms with Gasteiger partial charge in [-0.25, -0.2) is 0 Å². The van der Waals surface area contributed by atoms with Crippen molar-refractivity contribution in [1.29, 1.82) is 0 Å². The second kappa shape index (κ2) is 5.10. The molecule has 1 aliphatic heterocycles. The molecule has 0 saturated carbocycles. The molecule has 19 heavy (non-hydrogen) atoms. The quantitative estimate of drug-likeness (QED) is 0.700. The van der Waals surface area contributed by atoms with E-state index in [1.165, 1.54) is 0 Å². The van der Waals surface area contributed by atoms with Gasteiger partial charge in [0.25, 0.3) is 0 Å². The molecule has 1 aliphatic rings. The zero-order chi connectivity index (χ0) is 13.4. The van der Waals surface area contributed by atoms with Crippen LogP contribution in [0.15, 0.2) is 51.4 Å². The maximum atomic E-state index is 12.2. The Labute approximate surface area is 128 Å². The third-order valence-electron chi connectivity index (χ3n) is 3.12. The molecule has 0 spiro atoms. The van der Waals surface area contributed by atoms with Gasteiger partial charge < -0.3 is 4.74 Å².